The van der Waals surface area contributed by atoms with Gasteiger partial charge >= 0.3 is 0 Å². The number of aldehydes is 1. The molecule has 0 unspecified atom stereocenters. The third-order valence-corrected chi connectivity index (χ3v) is 3.86. The van der Waals surface area contributed by atoms with E-state index in [2.05, 4.69) is 30.3 Å². The number of benzene rings is 2. The third kappa shape index (κ3) is 2.95. The van der Waals surface area contributed by atoms with Gasteiger partial charge in [0.25, 0.3) is 0 Å². The number of carbonyl (C=O) groups is 1. The highest BCUT2D eigenvalue weighted by atomic mass is 16.5. The number of rotatable bonds is 5. The fraction of sp³-hybridized carbons (Fsp3) is 0.222. The molecule has 3 nitrogen and oxygen atoms in total. The first kappa shape index (κ1) is 13.4. The van der Waals surface area contributed by atoms with E-state index in [1.165, 1.54) is 5.56 Å². The Balaban J connectivity index is 1.62. The van der Waals surface area contributed by atoms with Crippen LogP contribution in [0.3, 0.4) is 0 Å². The van der Waals surface area contributed by atoms with Crippen LogP contribution in [0.5, 0.6) is 5.75 Å². The molecule has 2 atom stereocenters. The summed E-state index contributed by atoms with van der Waals surface area (Å²) < 4.78 is 5.76. The lowest BCUT2D eigenvalue weighted by atomic mass is 10.1. The fourth-order valence-electron chi connectivity index (χ4n) is 2.57. The monoisotopic (exact) mass is 277 g/mol. The second-order valence-electron chi connectivity index (χ2n) is 5.31. The highest BCUT2D eigenvalue weighted by Crippen LogP contribution is 2.47. The molecule has 0 N–H and O–H groups in total. The Bertz CT molecular complexity index is 688. The Kier molecular flexibility index (Phi) is 3.70. The lowest BCUT2D eigenvalue weighted by molar-refractivity contribution is 0.112. The molecule has 1 aliphatic rings. The number of nitrogens with zero attached hydrogens (tertiary/aromatic N) is 1. The molecule has 2 aromatic rings. The zero-order valence-electron chi connectivity index (χ0n) is 11.5. The summed E-state index contributed by atoms with van der Waals surface area (Å²) in [5.74, 6) is 1.62. The molecular weight excluding hydrogens is 262 g/mol. The van der Waals surface area contributed by atoms with Crippen LogP contribution in [0.1, 0.15) is 33.8 Å². The predicted molar refractivity (Wildman–Crippen MR) is 79.3 cm³/mol. The van der Waals surface area contributed by atoms with Crippen molar-refractivity contribution in [3.05, 3.63) is 65.2 Å². The zero-order valence-corrected chi connectivity index (χ0v) is 11.5. The lowest BCUT2D eigenvalue weighted by Gasteiger charge is -2.08. The van der Waals surface area contributed by atoms with Crippen LogP contribution < -0.4 is 4.74 Å². The van der Waals surface area contributed by atoms with Gasteiger partial charge in [-0.15, -0.1) is 0 Å². The van der Waals surface area contributed by atoms with E-state index < -0.39 is 0 Å². The van der Waals surface area contributed by atoms with Crippen molar-refractivity contribution < 1.29 is 9.53 Å². The first-order valence-corrected chi connectivity index (χ1v) is 6.99. The van der Waals surface area contributed by atoms with Gasteiger partial charge in [-0.1, -0.05) is 30.3 Å². The zero-order chi connectivity index (χ0) is 14.7. The molecule has 3 rings (SSSR count). The maximum absolute atomic E-state index is 10.7. The highest BCUT2D eigenvalue weighted by molar-refractivity contribution is 5.76. The smallest absolute Gasteiger partial charge is 0.150 e. The van der Waals surface area contributed by atoms with Gasteiger partial charge in [0, 0.05) is 11.5 Å². The SMILES string of the molecule is N#Cc1cc(C=O)ccc1OC[C@@H]1C[C@H]1c1ccccc1. The van der Waals surface area contributed by atoms with Crippen molar-refractivity contribution in [2.24, 2.45) is 5.92 Å². The van der Waals surface area contributed by atoms with E-state index in [1.54, 1.807) is 18.2 Å². The molecule has 0 radical (unpaired) electrons. The standard InChI is InChI=1S/C18H15NO2/c19-10-15-8-13(11-20)6-7-18(15)21-12-16-9-17(16)14-4-2-1-3-5-14/h1-8,11,16-17H,9,12H2/t16-,17-/m0/s1. The quantitative estimate of drug-likeness (QED) is 0.785. The van der Waals surface area contributed by atoms with E-state index in [4.69, 9.17) is 10.00 Å². The summed E-state index contributed by atoms with van der Waals surface area (Å²) in [6.07, 6.45) is 1.86. The van der Waals surface area contributed by atoms with E-state index >= 15 is 0 Å². The molecule has 0 amide bonds. The molecule has 2 aromatic carbocycles. The van der Waals surface area contributed by atoms with Crippen molar-refractivity contribution in [1.29, 1.82) is 5.26 Å². The van der Waals surface area contributed by atoms with Crippen LogP contribution in [0.2, 0.25) is 0 Å². The van der Waals surface area contributed by atoms with Crippen LogP contribution in [0.4, 0.5) is 0 Å². The molecule has 0 aliphatic heterocycles. The average Bonchev–Trinajstić information content (AvgIpc) is 3.33. The van der Waals surface area contributed by atoms with E-state index in [9.17, 15) is 4.79 Å². The minimum atomic E-state index is 0.413. The summed E-state index contributed by atoms with van der Waals surface area (Å²) in [6.45, 7) is 0.606. The van der Waals surface area contributed by atoms with Crippen LogP contribution in [0.25, 0.3) is 0 Å². The van der Waals surface area contributed by atoms with Gasteiger partial charge < -0.3 is 4.74 Å². The Morgan fingerprint density at radius 1 is 1.24 bits per heavy atom. The lowest BCUT2D eigenvalue weighted by Crippen LogP contribution is -2.02. The van der Waals surface area contributed by atoms with Gasteiger partial charge in [0.15, 0.2) is 0 Å². The summed E-state index contributed by atoms with van der Waals surface area (Å²) in [5.41, 5.74) is 2.26. The van der Waals surface area contributed by atoms with Crippen molar-refractivity contribution in [1.82, 2.24) is 0 Å². The second kappa shape index (κ2) is 5.80. The maximum atomic E-state index is 10.7. The topological polar surface area (TPSA) is 50.1 Å². The summed E-state index contributed by atoms with van der Waals surface area (Å²) in [5, 5.41) is 9.10. The molecule has 0 heterocycles. The first-order valence-electron chi connectivity index (χ1n) is 6.99. The molecule has 1 aliphatic carbocycles. The summed E-state index contributed by atoms with van der Waals surface area (Å²) in [7, 11) is 0. The molecule has 104 valence electrons. The van der Waals surface area contributed by atoms with Crippen LogP contribution in [-0.4, -0.2) is 12.9 Å². The van der Waals surface area contributed by atoms with Crippen LogP contribution in [0, 0.1) is 17.2 Å². The molecule has 21 heavy (non-hydrogen) atoms. The molecule has 1 fully saturated rings. The van der Waals surface area contributed by atoms with Crippen LogP contribution in [0.15, 0.2) is 48.5 Å². The van der Waals surface area contributed by atoms with Gasteiger partial charge in [-0.25, -0.2) is 0 Å². The Morgan fingerprint density at radius 3 is 2.76 bits per heavy atom. The molecule has 0 bridgehead atoms. The number of carbonyl (C=O) groups excluding carboxylic acids is 1. The highest BCUT2D eigenvalue weighted by Gasteiger charge is 2.38. The molecule has 3 heteroatoms. The molecule has 0 spiro atoms. The summed E-state index contributed by atoms with van der Waals surface area (Å²) in [4.78, 5) is 10.7. The van der Waals surface area contributed by atoms with Crippen molar-refractivity contribution >= 4 is 6.29 Å². The summed E-state index contributed by atoms with van der Waals surface area (Å²) >= 11 is 0. The van der Waals surface area contributed by atoms with Gasteiger partial charge in [-0.05, 0) is 36.1 Å². The minimum absolute atomic E-state index is 0.413. The van der Waals surface area contributed by atoms with Crippen molar-refractivity contribution in [2.75, 3.05) is 6.61 Å². The van der Waals surface area contributed by atoms with Crippen molar-refractivity contribution in [2.45, 2.75) is 12.3 Å². The maximum Gasteiger partial charge on any atom is 0.150 e. The average molecular weight is 277 g/mol. The van der Waals surface area contributed by atoms with Gasteiger partial charge in [0.05, 0.1) is 12.2 Å². The molecule has 0 aromatic heterocycles. The van der Waals surface area contributed by atoms with Gasteiger partial charge in [-0.3, -0.25) is 4.79 Å². The second-order valence-corrected chi connectivity index (χ2v) is 5.31. The fourth-order valence-corrected chi connectivity index (χ4v) is 2.57. The van der Waals surface area contributed by atoms with Crippen molar-refractivity contribution in [3.8, 4) is 11.8 Å². The predicted octanol–water partition coefficient (Wildman–Crippen LogP) is 3.55. The largest absolute Gasteiger partial charge is 0.492 e. The number of nitriles is 1. The van der Waals surface area contributed by atoms with E-state index in [-0.39, 0.29) is 0 Å². The van der Waals surface area contributed by atoms with Crippen molar-refractivity contribution in [3.63, 3.8) is 0 Å². The molecule has 0 saturated heterocycles. The Morgan fingerprint density at radius 2 is 2.05 bits per heavy atom. The van der Waals surface area contributed by atoms with Crippen LogP contribution >= 0.6 is 0 Å². The van der Waals surface area contributed by atoms with Gasteiger partial charge in [0.2, 0.25) is 0 Å². The molecular formula is C18H15NO2. The minimum Gasteiger partial charge on any atom is -0.492 e. The van der Waals surface area contributed by atoms with Gasteiger partial charge in [0.1, 0.15) is 18.1 Å². The summed E-state index contributed by atoms with van der Waals surface area (Å²) in [6, 6.07) is 17.4. The normalized spacial score (nSPS) is 19.6. The third-order valence-electron chi connectivity index (χ3n) is 3.86. The number of hydrogen-bond acceptors (Lipinski definition) is 3. The van der Waals surface area contributed by atoms with Gasteiger partial charge in [-0.2, -0.15) is 5.26 Å². The number of hydrogen-bond donors (Lipinski definition) is 0. The van der Waals surface area contributed by atoms with Crippen LogP contribution in [-0.2, 0) is 0 Å². The molecule has 1 saturated carbocycles. The Hall–Kier alpha value is -2.60. The Labute approximate surface area is 123 Å². The van der Waals surface area contributed by atoms with E-state index in [0.717, 1.165) is 12.7 Å². The van der Waals surface area contributed by atoms with E-state index in [1.807, 2.05) is 6.07 Å². The first-order chi connectivity index (χ1) is 10.3. The number of ether oxygens (including phenoxy) is 1. The van der Waals surface area contributed by atoms with E-state index in [0.29, 0.717) is 35.3 Å².